The van der Waals surface area contributed by atoms with Crippen LogP contribution in [0.4, 0.5) is 0 Å². The van der Waals surface area contributed by atoms with E-state index in [4.69, 9.17) is 9.52 Å². The first-order valence-corrected chi connectivity index (χ1v) is 7.40. The second kappa shape index (κ2) is 5.42. The van der Waals surface area contributed by atoms with Crippen LogP contribution in [0, 0.1) is 12.3 Å². The fourth-order valence-corrected chi connectivity index (χ4v) is 2.81. The number of sulfonamides is 1. The Morgan fingerprint density at radius 2 is 2.06 bits per heavy atom. The maximum absolute atomic E-state index is 12.1. The van der Waals surface area contributed by atoms with Gasteiger partial charge in [0.05, 0.1) is 0 Å². The van der Waals surface area contributed by atoms with Crippen molar-refractivity contribution in [2.75, 3.05) is 6.54 Å². The Morgan fingerprint density at radius 1 is 1.44 bits per heavy atom. The molecule has 0 aliphatic rings. The van der Waals surface area contributed by atoms with E-state index in [-0.39, 0.29) is 22.7 Å². The van der Waals surface area contributed by atoms with E-state index in [0.717, 1.165) is 6.42 Å². The van der Waals surface area contributed by atoms with Crippen LogP contribution in [0.1, 0.15) is 38.7 Å². The van der Waals surface area contributed by atoms with Crippen molar-refractivity contribution in [3.63, 3.8) is 0 Å². The third kappa shape index (κ3) is 3.57. The quantitative estimate of drug-likeness (QED) is 0.829. The van der Waals surface area contributed by atoms with Crippen molar-refractivity contribution < 1.29 is 17.9 Å². The monoisotopic (exact) mass is 275 g/mol. The summed E-state index contributed by atoms with van der Waals surface area (Å²) in [5.74, 6) is 0.545. The maximum atomic E-state index is 12.1. The number of furan rings is 1. The summed E-state index contributed by atoms with van der Waals surface area (Å²) in [5.41, 5.74) is -0.0927. The number of rotatable bonds is 6. The smallest absolute Gasteiger partial charge is 0.244 e. The molecule has 104 valence electrons. The summed E-state index contributed by atoms with van der Waals surface area (Å²) in [6.45, 7) is 7.63. The summed E-state index contributed by atoms with van der Waals surface area (Å²) in [7, 11) is -3.58. The van der Waals surface area contributed by atoms with Gasteiger partial charge in [-0.3, -0.25) is 0 Å². The summed E-state index contributed by atoms with van der Waals surface area (Å²) in [5, 5.41) is 8.93. The number of nitrogens with one attached hydrogen (secondary N) is 1. The summed E-state index contributed by atoms with van der Waals surface area (Å²) < 4.78 is 31.9. The lowest BCUT2D eigenvalue weighted by Gasteiger charge is -2.22. The number of aryl methyl sites for hydroxylation is 1. The van der Waals surface area contributed by atoms with Crippen LogP contribution >= 0.6 is 0 Å². The minimum atomic E-state index is -3.58. The van der Waals surface area contributed by atoms with Gasteiger partial charge in [-0.15, -0.1) is 0 Å². The molecule has 0 bridgehead atoms. The molecule has 0 saturated heterocycles. The van der Waals surface area contributed by atoms with E-state index in [9.17, 15) is 8.42 Å². The van der Waals surface area contributed by atoms with Crippen molar-refractivity contribution >= 4 is 10.0 Å². The lowest BCUT2D eigenvalue weighted by Crippen LogP contribution is -2.33. The second-order valence-corrected chi connectivity index (χ2v) is 6.87. The van der Waals surface area contributed by atoms with Crippen LogP contribution in [0.2, 0.25) is 0 Å². The zero-order valence-corrected chi connectivity index (χ0v) is 12.1. The fraction of sp³-hybridized carbons (Fsp3) is 0.667. The molecule has 0 aliphatic carbocycles. The van der Waals surface area contributed by atoms with E-state index in [1.807, 2.05) is 20.8 Å². The Balaban J connectivity index is 2.90. The topological polar surface area (TPSA) is 79.5 Å². The summed E-state index contributed by atoms with van der Waals surface area (Å²) >= 11 is 0. The van der Waals surface area contributed by atoms with Gasteiger partial charge in [0.2, 0.25) is 10.0 Å². The normalized spacial score (nSPS) is 12.9. The minimum absolute atomic E-state index is 0.0927. The van der Waals surface area contributed by atoms with Crippen molar-refractivity contribution in [3.05, 3.63) is 17.6 Å². The van der Waals surface area contributed by atoms with E-state index in [2.05, 4.69) is 4.72 Å². The molecule has 1 aromatic rings. The average molecular weight is 275 g/mol. The molecule has 0 amide bonds. The molecule has 1 heterocycles. The van der Waals surface area contributed by atoms with Gasteiger partial charge in [0.25, 0.3) is 0 Å². The molecule has 0 fully saturated rings. The van der Waals surface area contributed by atoms with Gasteiger partial charge >= 0.3 is 0 Å². The zero-order valence-electron chi connectivity index (χ0n) is 11.3. The standard InChI is InChI=1S/C12H21NO4S/c1-5-12(3,4)8-13-18(15,16)11-6-10(7-14)17-9(11)2/h6,13-14H,5,7-8H2,1-4H3. The molecule has 2 N–H and O–H groups in total. The average Bonchev–Trinajstić information content (AvgIpc) is 2.69. The first-order chi connectivity index (χ1) is 8.22. The first-order valence-electron chi connectivity index (χ1n) is 5.91. The SMILES string of the molecule is CCC(C)(C)CNS(=O)(=O)c1cc(CO)oc1C. The highest BCUT2D eigenvalue weighted by molar-refractivity contribution is 7.89. The minimum Gasteiger partial charge on any atom is -0.462 e. The summed E-state index contributed by atoms with van der Waals surface area (Å²) in [4.78, 5) is 0.0958. The molecule has 0 aromatic carbocycles. The highest BCUT2D eigenvalue weighted by Gasteiger charge is 2.24. The van der Waals surface area contributed by atoms with Gasteiger partial charge in [0.1, 0.15) is 23.0 Å². The van der Waals surface area contributed by atoms with Crippen LogP contribution in [0.5, 0.6) is 0 Å². The molecule has 0 unspecified atom stereocenters. The molecular weight excluding hydrogens is 254 g/mol. The molecule has 0 spiro atoms. The third-order valence-electron chi connectivity index (χ3n) is 3.07. The lowest BCUT2D eigenvalue weighted by atomic mass is 9.91. The van der Waals surface area contributed by atoms with E-state index >= 15 is 0 Å². The van der Waals surface area contributed by atoms with E-state index in [1.54, 1.807) is 6.92 Å². The van der Waals surface area contributed by atoms with Gasteiger partial charge in [-0.2, -0.15) is 0 Å². The van der Waals surface area contributed by atoms with E-state index in [0.29, 0.717) is 12.3 Å². The van der Waals surface area contributed by atoms with Crippen LogP contribution in [-0.4, -0.2) is 20.1 Å². The van der Waals surface area contributed by atoms with Crippen LogP contribution in [0.25, 0.3) is 0 Å². The van der Waals surface area contributed by atoms with Gasteiger partial charge in [-0.25, -0.2) is 13.1 Å². The van der Waals surface area contributed by atoms with Gasteiger partial charge in [0, 0.05) is 12.6 Å². The largest absolute Gasteiger partial charge is 0.462 e. The molecule has 1 aromatic heterocycles. The number of hydrogen-bond acceptors (Lipinski definition) is 4. The van der Waals surface area contributed by atoms with Gasteiger partial charge in [-0.1, -0.05) is 20.8 Å². The highest BCUT2D eigenvalue weighted by atomic mass is 32.2. The van der Waals surface area contributed by atoms with Crippen molar-refractivity contribution in [2.24, 2.45) is 5.41 Å². The van der Waals surface area contributed by atoms with Gasteiger partial charge in [0.15, 0.2) is 0 Å². The van der Waals surface area contributed by atoms with Crippen LogP contribution in [0.3, 0.4) is 0 Å². The number of aliphatic hydroxyl groups excluding tert-OH is 1. The predicted molar refractivity (Wildman–Crippen MR) is 68.6 cm³/mol. The van der Waals surface area contributed by atoms with E-state index in [1.165, 1.54) is 6.07 Å². The third-order valence-corrected chi connectivity index (χ3v) is 4.58. The summed E-state index contributed by atoms with van der Waals surface area (Å²) in [6, 6.07) is 1.36. The number of aliphatic hydroxyl groups is 1. The predicted octanol–water partition coefficient (Wildman–Crippen LogP) is 1.79. The van der Waals surface area contributed by atoms with Gasteiger partial charge in [-0.05, 0) is 18.8 Å². The van der Waals surface area contributed by atoms with Gasteiger partial charge < -0.3 is 9.52 Å². The Hall–Kier alpha value is -0.850. The highest BCUT2D eigenvalue weighted by Crippen LogP contribution is 2.22. The van der Waals surface area contributed by atoms with Crippen molar-refractivity contribution in [3.8, 4) is 0 Å². The van der Waals surface area contributed by atoms with Crippen LogP contribution < -0.4 is 4.72 Å². The molecule has 5 nitrogen and oxygen atoms in total. The lowest BCUT2D eigenvalue weighted by molar-refractivity contribution is 0.244. The Labute approximate surface area is 108 Å². The molecular formula is C12H21NO4S. The molecule has 6 heteroatoms. The Bertz CT molecular complexity index is 502. The van der Waals surface area contributed by atoms with Crippen molar-refractivity contribution in [1.82, 2.24) is 4.72 Å². The molecule has 0 radical (unpaired) electrons. The Morgan fingerprint density at radius 3 is 2.50 bits per heavy atom. The summed E-state index contributed by atoms with van der Waals surface area (Å²) in [6.07, 6.45) is 0.877. The maximum Gasteiger partial charge on any atom is 0.244 e. The van der Waals surface area contributed by atoms with Crippen LogP contribution in [0.15, 0.2) is 15.4 Å². The molecule has 18 heavy (non-hydrogen) atoms. The fourth-order valence-electron chi connectivity index (χ4n) is 1.36. The molecule has 1 rings (SSSR count). The second-order valence-electron chi connectivity index (χ2n) is 5.13. The van der Waals surface area contributed by atoms with Crippen LogP contribution in [-0.2, 0) is 16.6 Å². The molecule has 0 aliphatic heterocycles. The first kappa shape index (κ1) is 15.2. The van der Waals surface area contributed by atoms with Crippen molar-refractivity contribution in [1.29, 1.82) is 0 Å². The number of hydrogen-bond donors (Lipinski definition) is 2. The zero-order chi connectivity index (χ0) is 14.0. The van der Waals surface area contributed by atoms with Crippen molar-refractivity contribution in [2.45, 2.75) is 45.6 Å². The molecule has 0 atom stereocenters. The molecule has 0 saturated carbocycles. The Kier molecular flexibility index (Phi) is 4.58. The van der Waals surface area contributed by atoms with E-state index < -0.39 is 10.0 Å².